The third-order valence-electron chi connectivity index (χ3n) is 4.69. The van der Waals surface area contributed by atoms with E-state index < -0.39 is 0 Å². The summed E-state index contributed by atoms with van der Waals surface area (Å²) in [6.07, 6.45) is 0.623. The molecule has 0 aliphatic carbocycles. The van der Waals surface area contributed by atoms with Crippen LogP contribution in [-0.4, -0.2) is 30.4 Å². The minimum absolute atomic E-state index is 0.000930. The number of amides is 2. The van der Waals surface area contributed by atoms with Crippen molar-refractivity contribution in [2.75, 3.05) is 16.8 Å². The van der Waals surface area contributed by atoms with E-state index in [1.54, 1.807) is 0 Å². The molecule has 0 saturated carbocycles. The highest BCUT2D eigenvalue weighted by atomic mass is 16.2. The zero-order chi connectivity index (χ0) is 16.7. The fourth-order valence-electron chi connectivity index (χ4n) is 3.56. The maximum atomic E-state index is 12.5. The first-order chi connectivity index (χ1) is 11.6. The van der Waals surface area contributed by atoms with Crippen molar-refractivity contribution < 1.29 is 9.59 Å². The number of carbonyl (C=O) groups excluding carboxylic acids is 2. The van der Waals surface area contributed by atoms with Crippen molar-refractivity contribution in [1.29, 1.82) is 0 Å². The zero-order valence-corrected chi connectivity index (χ0v) is 13.5. The minimum Gasteiger partial charge on any atom is -0.356 e. The number of anilines is 2. The van der Waals surface area contributed by atoms with Crippen molar-refractivity contribution in [3.63, 3.8) is 0 Å². The summed E-state index contributed by atoms with van der Waals surface area (Å²) >= 11 is 0. The van der Waals surface area contributed by atoms with Crippen molar-refractivity contribution in [2.24, 2.45) is 0 Å². The first-order valence-corrected chi connectivity index (χ1v) is 8.16. The van der Waals surface area contributed by atoms with E-state index in [2.05, 4.69) is 15.5 Å². The smallest absolute Gasteiger partial charge is 0.251 e. The summed E-state index contributed by atoms with van der Waals surface area (Å²) in [5.74, 6) is -0.0850. The second-order valence-electron chi connectivity index (χ2n) is 6.45. The molecule has 4 rings (SSSR count). The van der Waals surface area contributed by atoms with E-state index in [1.165, 1.54) is 0 Å². The number of hydrogen-bond acceptors (Lipinski definition) is 3. The first-order valence-electron chi connectivity index (χ1n) is 8.16. The lowest BCUT2D eigenvalue weighted by atomic mass is 10.1. The normalized spacial score (nSPS) is 21.7. The van der Waals surface area contributed by atoms with Gasteiger partial charge in [0.05, 0.1) is 11.4 Å². The molecule has 1 saturated heterocycles. The van der Waals surface area contributed by atoms with Crippen LogP contribution in [0.1, 0.15) is 22.3 Å². The van der Waals surface area contributed by atoms with Crippen molar-refractivity contribution in [1.82, 2.24) is 5.32 Å². The second-order valence-corrected chi connectivity index (χ2v) is 6.45. The van der Waals surface area contributed by atoms with Crippen LogP contribution in [0.3, 0.4) is 0 Å². The molecule has 2 heterocycles. The number of hydrogen-bond donors (Lipinski definition) is 2. The van der Waals surface area contributed by atoms with Crippen LogP contribution in [0.15, 0.2) is 48.5 Å². The third kappa shape index (κ3) is 2.52. The van der Waals surface area contributed by atoms with Crippen molar-refractivity contribution in [3.05, 3.63) is 59.7 Å². The van der Waals surface area contributed by atoms with Crippen LogP contribution in [0.25, 0.3) is 0 Å². The Morgan fingerprint density at radius 2 is 2.04 bits per heavy atom. The summed E-state index contributed by atoms with van der Waals surface area (Å²) < 4.78 is 0. The van der Waals surface area contributed by atoms with E-state index >= 15 is 0 Å². The molecule has 2 unspecified atom stereocenters. The van der Waals surface area contributed by atoms with Gasteiger partial charge in [0.1, 0.15) is 6.04 Å². The number of fused-ring (bicyclic) bond motifs is 3. The number of benzene rings is 2. The Labute approximate surface area is 140 Å². The van der Waals surface area contributed by atoms with Crippen LogP contribution >= 0.6 is 0 Å². The molecule has 2 aromatic rings. The fraction of sp³-hybridized carbons (Fsp3) is 0.263. The number of para-hydroxylation sites is 2. The summed E-state index contributed by atoms with van der Waals surface area (Å²) in [7, 11) is 0. The van der Waals surface area contributed by atoms with Crippen LogP contribution in [-0.2, 0) is 4.79 Å². The largest absolute Gasteiger partial charge is 0.356 e. The number of rotatable bonds is 2. The van der Waals surface area contributed by atoms with Gasteiger partial charge in [-0.05, 0) is 37.6 Å². The van der Waals surface area contributed by atoms with Gasteiger partial charge in [0.25, 0.3) is 5.91 Å². The van der Waals surface area contributed by atoms with Gasteiger partial charge in [0.2, 0.25) is 5.91 Å². The minimum atomic E-state index is -0.220. The molecule has 0 radical (unpaired) electrons. The predicted molar refractivity (Wildman–Crippen MR) is 93.3 cm³/mol. The Bertz CT molecular complexity index is 818. The van der Waals surface area contributed by atoms with E-state index in [0.717, 1.165) is 16.9 Å². The topological polar surface area (TPSA) is 61.4 Å². The Morgan fingerprint density at radius 3 is 2.88 bits per heavy atom. The van der Waals surface area contributed by atoms with Gasteiger partial charge in [0.15, 0.2) is 0 Å². The molecule has 0 spiro atoms. The molecule has 2 N–H and O–H groups in total. The van der Waals surface area contributed by atoms with E-state index in [-0.39, 0.29) is 23.9 Å². The zero-order valence-electron chi connectivity index (χ0n) is 13.5. The highest BCUT2D eigenvalue weighted by Crippen LogP contribution is 2.36. The molecule has 2 aromatic carbocycles. The monoisotopic (exact) mass is 321 g/mol. The average Bonchev–Trinajstić information content (AvgIpc) is 2.99. The third-order valence-corrected chi connectivity index (χ3v) is 4.69. The lowest BCUT2D eigenvalue weighted by Crippen LogP contribution is -2.44. The van der Waals surface area contributed by atoms with Crippen LogP contribution in [0, 0.1) is 6.92 Å². The number of carbonyl (C=O) groups is 2. The SMILES string of the molecule is Cc1cccc(C(=O)NC2CC3C(=O)Nc4ccccc4N3C2)c1. The van der Waals surface area contributed by atoms with Crippen LogP contribution in [0.2, 0.25) is 0 Å². The molecule has 122 valence electrons. The summed E-state index contributed by atoms with van der Waals surface area (Å²) in [4.78, 5) is 26.9. The van der Waals surface area contributed by atoms with Crippen molar-refractivity contribution >= 4 is 23.2 Å². The first kappa shape index (κ1) is 14.8. The van der Waals surface area contributed by atoms with Crippen molar-refractivity contribution in [2.45, 2.75) is 25.4 Å². The Morgan fingerprint density at radius 1 is 1.21 bits per heavy atom. The number of aryl methyl sites for hydroxylation is 1. The molecule has 0 bridgehead atoms. The molecular weight excluding hydrogens is 302 g/mol. The van der Waals surface area contributed by atoms with Gasteiger partial charge < -0.3 is 15.5 Å². The molecule has 2 amide bonds. The maximum absolute atomic E-state index is 12.5. The second kappa shape index (κ2) is 5.67. The molecule has 0 aromatic heterocycles. The van der Waals surface area contributed by atoms with Gasteiger partial charge >= 0.3 is 0 Å². The lowest BCUT2D eigenvalue weighted by Gasteiger charge is -2.32. The molecule has 2 aliphatic rings. The highest BCUT2D eigenvalue weighted by Gasteiger charge is 2.41. The summed E-state index contributed by atoms with van der Waals surface area (Å²) in [6, 6.07) is 15.1. The Balaban J connectivity index is 1.52. The fourth-order valence-corrected chi connectivity index (χ4v) is 3.56. The van der Waals surface area contributed by atoms with Gasteiger partial charge in [-0.2, -0.15) is 0 Å². The standard InChI is InChI=1S/C19H19N3O2/c1-12-5-4-6-13(9-12)18(23)20-14-10-17-19(24)21-15-7-2-3-8-16(15)22(17)11-14/h2-9,14,17H,10-11H2,1H3,(H,20,23)(H,21,24). The van der Waals surface area contributed by atoms with Crippen LogP contribution in [0.4, 0.5) is 11.4 Å². The van der Waals surface area contributed by atoms with Crippen molar-refractivity contribution in [3.8, 4) is 0 Å². The summed E-state index contributed by atoms with van der Waals surface area (Å²) in [5.41, 5.74) is 3.57. The molecular formula is C19H19N3O2. The van der Waals surface area contributed by atoms with E-state index in [0.29, 0.717) is 18.5 Å². The van der Waals surface area contributed by atoms with Gasteiger partial charge in [-0.1, -0.05) is 29.8 Å². The van der Waals surface area contributed by atoms with E-state index in [4.69, 9.17) is 0 Å². The quantitative estimate of drug-likeness (QED) is 0.892. The van der Waals surface area contributed by atoms with Gasteiger partial charge in [0, 0.05) is 18.2 Å². The molecule has 2 atom stereocenters. The lowest BCUT2D eigenvalue weighted by molar-refractivity contribution is -0.117. The molecule has 1 fully saturated rings. The molecule has 24 heavy (non-hydrogen) atoms. The average molecular weight is 321 g/mol. The van der Waals surface area contributed by atoms with E-state index in [9.17, 15) is 9.59 Å². The molecule has 2 aliphatic heterocycles. The number of nitrogens with zero attached hydrogens (tertiary/aromatic N) is 1. The summed E-state index contributed by atoms with van der Waals surface area (Å²) in [6.45, 7) is 2.61. The van der Waals surface area contributed by atoms with E-state index in [1.807, 2.05) is 55.5 Å². The molecule has 5 heteroatoms. The van der Waals surface area contributed by atoms with Gasteiger partial charge in [-0.3, -0.25) is 9.59 Å². The predicted octanol–water partition coefficient (Wildman–Crippen LogP) is 2.32. The summed E-state index contributed by atoms with van der Waals surface area (Å²) in [5, 5.41) is 6.02. The number of nitrogens with one attached hydrogen (secondary N) is 2. The van der Waals surface area contributed by atoms with Crippen LogP contribution < -0.4 is 15.5 Å². The van der Waals surface area contributed by atoms with Crippen LogP contribution in [0.5, 0.6) is 0 Å². The van der Waals surface area contributed by atoms with Gasteiger partial charge in [-0.25, -0.2) is 0 Å². The maximum Gasteiger partial charge on any atom is 0.251 e. The Kier molecular flexibility index (Phi) is 3.49. The highest BCUT2D eigenvalue weighted by molar-refractivity contribution is 6.04. The Hall–Kier alpha value is -2.82. The van der Waals surface area contributed by atoms with Gasteiger partial charge in [-0.15, -0.1) is 0 Å². The molecule has 5 nitrogen and oxygen atoms in total.